The zero-order chi connectivity index (χ0) is 12.5. The molecule has 0 saturated heterocycles. The van der Waals surface area contributed by atoms with Crippen molar-refractivity contribution in [3.05, 3.63) is 16.1 Å². The molecule has 6 heteroatoms. The number of thiazole rings is 1. The van der Waals surface area contributed by atoms with Crippen LogP contribution in [0.1, 0.15) is 42.5 Å². The Balaban J connectivity index is 0.00000289. The summed E-state index contributed by atoms with van der Waals surface area (Å²) in [7, 11) is 0. The van der Waals surface area contributed by atoms with Gasteiger partial charge in [-0.05, 0) is 13.3 Å². The van der Waals surface area contributed by atoms with E-state index in [1.807, 2.05) is 13.1 Å². The number of nitrogens with one attached hydrogen (secondary N) is 1. The Morgan fingerprint density at radius 1 is 1.44 bits per heavy atom. The van der Waals surface area contributed by atoms with E-state index in [9.17, 15) is 0 Å². The molecule has 1 aromatic rings. The van der Waals surface area contributed by atoms with Crippen molar-refractivity contribution >= 4 is 41.3 Å². The molecule has 0 amide bonds. The number of hydrogen-bond acceptors (Lipinski definition) is 3. The molecule has 0 bridgehead atoms. The van der Waals surface area contributed by atoms with Crippen molar-refractivity contribution in [1.29, 1.82) is 0 Å². The van der Waals surface area contributed by atoms with Gasteiger partial charge < -0.3 is 11.1 Å². The van der Waals surface area contributed by atoms with E-state index >= 15 is 0 Å². The molecule has 3 N–H and O–H groups in total. The van der Waals surface area contributed by atoms with Gasteiger partial charge in [-0.1, -0.05) is 26.2 Å². The Hall–Kier alpha value is -0.370. The number of nitrogens with two attached hydrogens (primary N) is 1. The third kappa shape index (κ3) is 7.86. The quantitative estimate of drug-likeness (QED) is 0.330. The highest BCUT2D eigenvalue weighted by Crippen LogP contribution is 2.11. The first-order chi connectivity index (χ1) is 8.22. The SMILES string of the molecule is CCCCCCNC(N)=NCc1ncc(C)s1.I. The molecule has 4 nitrogen and oxygen atoms in total. The van der Waals surface area contributed by atoms with Crippen molar-refractivity contribution in [3.63, 3.8) is 0 Å². The topological polar surface area (TPSA) is 63.3 Å². The number of aryl methyl sites for hydroxylation is 1. The summed E-state index contributed by atoms with van der Waals surface area (Å²) >= 11 is 1.66. The van der Waals surface area contributed by atoms with Crippen LogP contribution in [-0.4, -0.2) is 17.5 Å². The van der Waals surface area contributed by atoms with Gasteiger partial charge in [0.1, 0.15) is 5.01 Å². The molecule has 104 valence electrons. The zero-order valence-corrected chi connectivity index (χ0v) is 14.3. The van der Waals surface area contributed by atoms with Gasteiger partial charge in [0.15, 0.2) is 5.96 Å². The minimum atomic E-state index is 0. The number of halogens is 1. The van der Waals surface area contributed by atoms with E-state index in [0.717, 1.165) is 18.0 Å². The van der Waals surface area contributed by atoms with Crippen LogP contribution in [0.5, 0.6) is 0 Å². The van der Waals surface area contributed by atoms with Crippen LogP contribution in [0.25, 0.3) is 0 Å². The second kappa shape index (κ2) is 10.5. The molecule has 0 aliphatic heterocycles. The molecular formula is C12H23IN4S. The van der Waals surface area contributed by atoms with Gasteiger partial charge >= 0.3 is 0 Å². The van der Waals surface area contributed by atoms with E-state index in [4.69, 9.17) is 5.73 Å². The van der Waals surface area contributed by atoms with Crippen molar-refractivity contribution in [3.8, 4) is 0 Å². The van der Waals surface area contributed by atoms with Crippen molar-refractivity contribution in [2.45, 2.75) is 46.1 Å². The van der Waals surface area contributed by atoms with Crippen molar-refractivity contribution in [2.75, 3.05) is 6.54 Å². The highest BCUT2D eigenvalue weighted by molar-refractivity contribution is 14.0. The Morgan fingerprint density at radius 2 is 2.22 bits per heavy atom. The van der Waals surface area contributed by atoms with E-state index in [1.165, 1.54) is 24.1 Å². The molecule has 0 radical (unpaired) electrons. The van der Waals surface area contributed by atoms with Crippen molar-refractivity contribution in [1.82, 2.24) is 10.3 Å². The monoisotopic (exact) mass is 382 g/mol. The fraction of sp³-hybridized carbons (Fsp3) is 0.667. The Bertz CT molecular complexity index is 352. The molecule has 0 unspecified atom stereocenters. The smallest absolute Gasteiger partial charge is 0.189 e. The van der Waals surface area contributed by atoms with Crippen LogP contribution in [0.3, 0.4) is 0 Å². The third-order valence-electron chi connectivity index (χ3n) is 2.39. The first-order valence-corrected chi connectivity index (χ1v) is 6.99. The lowest BCUT2D eigenvalue weighted by Gasteiger charge is -2.04. The molecule has 0 fully saturated rings. The minimum Gasteiger partial charge on any atom is -0.370 e. The normalized spacial score (nSPS) is 11.1. The van der Waals surface area contributed by atoms with Gasteiger partial charge in [0.2, 0.25) is 0 Å². The number of nitrogens with zero attached hydrogens (tertiary/aromatic N) is 2. The second-order valence-corrected chi connectivity index (χ2v) is 5.37. The van der Waals surface area contributed by atoms with Crippen molar-refractivity contribution < 1.29 is 0 Å². The minimum absolute atomic E-state index is 0. The first kappa shape index (κ1) is 17.6. The Morgan fingerprint density at radius 3 is 2.83 bits per heavy atom. The lowest BCUT2D eigenvalue weighted by atomic mass is 10.2. The summed E-state index contributed by atoms with van der Waals surface area (Å²) in [5, 5.41) is 4.14. The summed E-state index contributed by atoms with van der Waals surface area (Å²) in [6, 6.07) is 0. The summed E-state index contributed by atoms with van der Waals surface area (Å²) in [6.45, 7) is 5.73. The summed E-state index contributed by atoms with van der Waals surface area (Å²) < 4.78 is 0. The lowest BCUT2D eigenvalue weighted by molar-refractivity contribution is 0.652. The number of aliphatic imine (C=N–C) groups is 1. The lowest BCUT2D eigenvalue weighted by Crippen LogP contribution is -2.32. The summed E-state index contributed by atoms with van der Waals surface area (Å²) in [5.41, 5.74) is 5.76. The fourth-order valence-electron chi connectivity index (χ4n) is 1.45. The largest absolute Gasteiger partial charge is 0.370 e. The van der Waals surface area contributed by atoms with Crippen LogP contribution in [0, 0.1) is 6.92 Å². The standard InChI is InChI=1S/C12H22N4S.HI/c1-3-4-5-6-7-14-12(13)16-9-11-15-8-10(2)17-11;/h8H,3-7,9H2,1-2H3,(H3,13,14,16);1H. The summed E-state index contributed by atoms with van der Waals surface area (Å²) in [6.07, 6.45) is 6.82. The first-order valence-electron chi connectivity index (χ1n) is 6.17. The predicted octanol–water partition coefficient (Wildman–Crippen LogP) is 3.05. The van der Waals surface area contributed by atoms with Crippen LogP contribution in [-0.2, 0) is 6.54 Å². The number of rotatable bonds is 7. The molecule has 0 spiro atoms. The maximum absolute atomic E-state index is 5.76. The van der Waals surface area contributed by atoms with Crippen LogP contribution < -0.4 is 11.1 Å². The van der Waals surface area contributed by atoms with Crippen LogP contribution >= 0.6 is 35.3 Å². The maximum atomic E-state index is 5.76. The molecule has 0 aliphatic rings. The second-order valence-electron chi connectivity index (χ2n) is 4.05. The highest BCUT2D eigenvalue weighted by atomic mass is 127. The molecule has 1 heterocycles. The molecular weight excluding hydrogens is 359 g/mol. The van der Waals surface area contributed by atoms with Crippen molar-refractivity contribution in [2.24, 2.45) is 10.7 Å². The van der Waals surface area contributed by atoms with E-state index in [0.29, 0.717) is 12.5 Å². The summed E-state index contributed by atoms with van der Waals surface area (Å²) in [4.78, 5) is 9.70. The number of unbranched alkanes of at least 4 members (excludes halogenated alkanes) is 3. The molecule has 1 aromatic heterocycles. The van der Waals surface area contributed by atoms with Crippen LogP contribution in [0.15, 0.2) is 11.2 Å². The van der Waals surface area contributed by atoms with Gasteiger partial charge in [0.05, 0.1) is 6.54 Å². The molecule has 0 aromatic carbocycles. The van der Waals surface area contributed by atoms with Gasteiger partial charge in [-0.25, -0.2) is 9.98 Å². The van der Waals surface area contributed by atoms with Gasteiger partial charge in [0, 0.05) is 17.6 Å². The van der Waals surface area contributed by atoms with E-state index < -0.39 is 0 Å². The summed E-state index contributed by atoms with van der Waals surface area (Å²) in [5.74, 6) is 0.523. The molecule has 0 aliphatic carbocycles. The van der Waals surface area contributed by atoms with Gasteiger partial charge in [-0.15, -0.1) is 35.3 Å². The zero-order valence-electron chi connectivity index (χ0n) is 11.1. The van der Waals surface area contributed by atoms with Gasteiger partial charge in [0.25, 0.3) is 0 Å². The number of guanidine groups is 1. The number of aromatic nitrogens is 1. The highest BCUT2D eigenvalue weighted by Gasteiger charge is 1.97. The fourth-order valence-corrected chi connectivity index (χ4v) is 2.16. The van der Waals surface area contributed by atoms with Crippen LogP contribution in [0.2, 0.25) is 0 Å². The predicted molar refractivity (Wildman–Crippen MR) is 89.7 cm³/mol. The maximum Gasteiger partial charge on any atom is 0.189 e. The number of hydrogen-bond donors (Lipinski definition) is 2. The Kier molecular flexibility index (Phi) is 10.3. The average Bonchev–Trinajstić information content (AvgIpc) is 2.72. The Labute approximate surface area is 131 Å². The van der Waals surface area contributed by atoms with Gasteiger partial charge in [-0.3, -0.25) is 0 Å². The van der Waals surface area contributed by atoms with Gasteiger partial charge in [-0.2, -0.15) is 0 Å². The molecule has 0 atom stereocenters. The van der Waals surface area contributed by atoms with E-state index in [-0.39, 0.29) is 24.0 Å². The molecule has 0 saturated carbocycles. The average molecular weight is 382 g/mol. The molecule has 18 heavy (non-hydrogen) atoms. The third-order valence-corrected chi connectivity index (χ3v) is 3.29. The molecule has 1 rings (SSSR count). The van der Waals surface area contributed by atoms with Crippen LogP contribution in [0.4, 0.5) is 0 Å². The van der Waals surface area contributed by atoms with E-state index in [2.05, 4.69) is 22.2 Å². The van der Waals surface area contributed by atoms with E-state index in [1.54, 1.807) is 11.3 Å².